The molecule has 0 saturated carbocycles. The van der Waals surface area contributed by atoms with Crippen molar-refractivity contribution in [2.24, 2.45) is 0 Å². The first-order valence-electron chi connectivity index (χ1n) is 5.20. The number of piperidine rings is 1. The Bertz CT molecular complexity index is 345. The van der Waals surface area contributed by atoms with Gasteiger partial charge in [-0.15, -0.1) is 12.4 Å². The molecule has 0 aromatic heterocycles. The minimum Gasteiger partial charge on any atom is -0.317 e. The van der Waals surface area contributed by atoms with E-state index in [0.717, 1.165) is 37.8 Å². The fourth-order valence-corrected chi connectivity index (χ4v) is 2.26. The van der Waals surface area contributed by atoms with Crippen molar-refractivity contribution in [2.75, 3.05) is 13.1 Å². The van der Waals surface area contributed by atoms with Crippen LogP contribution in [0, 0.1) is 0 Å². The van der Waals surface area contributed by atoms with Crippen LogP contribution in [-0.4, -0.2) is 19.4 Å². The average Bonchev–Trinajstić information content (AvgIpc) is 2.31. The van der Waals surface area contributed by atoms with E-state index >= 15 is 0 Å². The monoisotopic (exact) mass is 259 g/mol. The summed E-state index contributed by atoms with van der Waals surface area (Å²) < 4.78 is 0. The highest BCUT2D eigenvalue weighted by atomic mass is 35.5. The van der Waals surface area contributed by atoms with E-state index in [1.807, 2.05) is 24.3 Å². The molecule has 16 heavy (non-hydrogen) atoms. The molecule has 1 aromatic carbocycles. The lowest BCUT2D eigenvalue weighted by atomic mass is 9.74. The lowest BCUT2D eigenvalue weighted by Gasteiger charge is -2.33. The Morgan fingerprint density at radius 1 is 1.19 bits per heavy atom. The van der Waals surface area contributed by atoms with Gasteiger partial charge < -0.3 is 10.1 Å². The molecule has 4 heteroatoms. The molecule has 1 aliphatic heterocycles. The highest BCUT2D eigenvalue weighted by Crippen LogP contribution is 2.31. The molecule has 88 valence electrons. The van der Waals surface area contributed by atoms with Gasteiger partial charge in [-0.05, 0) is 43.6 Å². The van der Waals surface area contributed by atoms with E-state index in [1.165, 1.54) is 0 Å². The van der Waals surface area contributed by atoms with Crippen LogP contribution in [0.4, 0.5) is 0 Å². The van der Waals surface area contributed by atoms with Crippen molar-refractivity contribution in [2.45, 2.75) is 18.3 Å². The van der Waals surface area contributed by atoms with Crippen LogP contribution >= 0.6 is 24.0 Å². The van der Waals surface area contributed by atoms with Gasteiger partial charge in [0.15, 0.2) is 0 Å². The van der Waals surface area contributed by atoms with Gasteiger partial charge in [0.25, 0.3) is 0 Å². The summed E-state index contributed by atoms with van der Waals surface area (Å²) in [6, 6.07) is 7.62. The van der Waals surface area contributed by atoms with Gasteiger partial charge in [0.1, 0.15) is 6.29 Å². The molecule has 1 heterocycles. The van der Waals surface area contributed by atoms with Crippen LogP contribution in [0.15, 0.2) is 24.3 Å². The maximum absolute atomic E-state index is 11.3. The van der Waals surface area contributed by atoms with Crippen LogP contribution < -0.4 is 5.32 Å². The lowest BCUT2D eigenvalue weighted by Crippen LogP contribution is -2.40. The predicted molar refractivity (Wildman–Crippen MR) is 68.5 cm³/mol. The number of rotatable bonds is 2. The van der Waals surface area contributed by atoms with Crippen LogP contribution in [0.25, 0.3) is 0 Å². The Hall–Kier alpha value is -0.570. The molecular formula is C12H15Cl2NO. The van der Waals surface area contributed by atoms with Crippen molar-refractivity contribution in [3.63, 3.8) is 0 Å². The van der Waals surface area contributed by atoms with Gasteiger partial charge in [0.2, 0.25) is 0 Å². The summed E-state index contributed by atoms with van der Waals surface area (Å²) in [4.78, 5) is 11.3. The van der Waals surface area contributed by atoms with Crippen LogP contribution in [0.3, 0.4) is 0 Å². The zero-order chi connectivity index (χ0) is 10.7. The van der Waals surface area contributed by atoms with E-state index in [-0.39, 0.29) is 17.8 Å². The Morgan fingerprint density at radius 2 is 1.75 bits per heavy atom. The maximum Gasteiger partial charge on any atom is 0.130 e. The van der Waals surface area contributed by atoms with Crippen molar-refractivity contribution >= 4 is 30.3 Å². The van der Waals surface area contributed by atoms with E-state index in [2.05, 4.69) is 5.32 Å². The molecule has 0 aliphatic carbocycles. The van der Waals surface area contributed by atoms with Crippen molar-refractivity contribution in [3.8, 4) is 0 Å². The molecule has 0 amide bonds. The summed E-state index contributed by atoms with van der Waals surface area (Å²) in [5.41, 5.74) is 0.791. The fourth-order valence-electron chi connectivity index (χ4n) is 2.13. The number of hydrogen-bond acceptors (Lipinski definition) is 2. The van der Waals surface area contributed by atoms with Crippen LogP contribution in [0.2, 0.25) is 5.02 Å². The topological polar surface area (TPSA) is 29.1 Å². The van der Waals surface area contributed by atoms with E-state index in [1.54, 1.807) is 0 Å². The quantitative estimate of drug-likeness (QED) is 0.828. The van der Waals surface area contributed by atoms with Gasteiger partial charge in [0, 0.05) is 5.02 Å². The number of aldehydes is 1. The normalized spacial score (nSPS) is 18.6. The molecule has 0 unspecified atom stereocenters. The second-order valence-electron chi connectivity index (χ2n) is 4.03. The molecule has 1 N–H and O–H groups in total. The average molecular weight is 260 g/mol. The van der Waals surface area contributed by atoms with Gasteiger partial charge >= 0.3 is 0 Å². The zero-order valence-electron chi connectivity index (χ0n) is 8.91. The Labute approximate surface area is 107 Å². The number of carbonyl (C=O) groups excluding carboxylic acids is 1. The number of benzene rings is 1. The number of hydrogen-bond donors (Lipinski definition) is 1. The minimum atomic E-state index is -0.296. The number of carbonyl (C=O) groups is 1. The molecule has 1 saturated heterocycles. The van der Waals surface area contributed by atoms with Gasteiger partial charge in [-0.3, -0.25) is 0 Å². The summed E-state index contributed by atoms with van der Waals surface area (Å²) in [7, 11) is 0. The second-order valence-corrected chi connectivity index (χ2v) is 4.47. The number of halogens is 2. The van der Waals surface area contributed by atoms with Gasteiger partial charge in [-0.25, -0.2) is 0 Å². The highest BCUT2D eigenvalue weighted by Gasteiger charge is 2.33. The van der Waals surface area contributed by atoms with Crippen molar-refractivity contribution in [1.82, 2.24) is 5.32 Å². The number of nitrogens with one attached hydrogen (secondary N) is 1. The fraction of sp³-hybridized carbons (Fsp3) is 0.417. The predicted octanol–water partition coefficient (Wildman–Crippen LogP) is 2.58. The molecule has 0 radical (unpaired) electrons. The van der Waals surface area contributed by atoms with Crippen LogP contribution in [-0.2, 0) is 10.2 Å². The molecular weight excluding hydrogens is 245 g/mol. The molecule has 1 aliphatic rings. The Kier molecular flexibility index (Phi) is 4.78. The van der Waals surface area contributed by atoms with Crippen molar-refractivity contribution in [3.05, 3.63) is 34.9 Å². The first kappa shape index (κ1) is 13.5. The summed E-state index contributed by atoms with van der Waals surface area (Å²) in [6.45, 7) is 1.81. The molecule has 0 spiro atoms. The minimum absolute atomic E-state index is 0. The lowest BCUT2D eigenvalue weighted by molar-refractivity contribution is -0.113. The SMILES string of the molecule is Cl.O=CC1(c2ccc(Cl)cc2)CCNCC1. The van der Waals surface area contributed by atoms with Crippen molar-refractivity contribution < 1.29 is 4.79 Å². The summed E-state index contributed by atoms with van der Waals surface area (Å²) in [6.07, 6.45) is 2.84. The smallest absolute Gasteiger partial charge is 0.130 e. The maximum atomic E-state index is 11.3. The molecule has 2 nitrogen and oxygen atoms in total. The third kappa shape index (κ3) is 2.57. The highest BCUT2D eigenvalue weighted by molar-refractivity contribution is 6.30. The Morgan fingerprint density at radius 3 is 2.25 bits per heavy atom. The standard InChI is InChI=1S/C12H14ClNO.ClH/c13-11-3-1-10(2-4-11)12(9-15)5-7-14-8-6-12;/h1-4,9,14H,5-8H2;1H. The Balaban J connectivity index is 0.00000128. The first-order valence-corrected chi connectivity index (χ1v) is 5.58. The third-order valence-corrected chi connectivity index (χ3v) is 3.39. The van der Waals surface area contributed by atoms with Crippen LogP contribution in [0.5, 0.6) is 0 Å². The van der Waals surface area contributed by atoms with E-state index in [0.29, 0.717) is 5.02 Å². The second kappa shape index (κ2) is 5.67. The van der Waals surface area contributed by atoms with Gasteiger partial charge in [0.05, 0.1) is 5.41 Å². The van der Waals surface area contributed by atoms with E-state index < -0.39 is 0 Å². The molecule has 2 rings (SSSR count). The summed E-state index contributed by atoms with van der Waals surface area (Å²) >= 11 is 5.84. The largest absolute Gasteiger partial charge is 0.317 e. The molecule has 1 aromatic rings. The van der Waals surface area contributed by atoms with E-state index in [9.17, 15) is 4.79 Å². The zero-order valence-corrected chi connectivity index (χ0v) is 10.5. The van der Waals surface area contributed by atoms with Gasteiger partial charge in [-0.1, -0.05) is 23.7 Å². The molecule has 0 bridgehead atoms. The molecule has 1 fully saturated rings. The summed E-state index contributed by atoms with van der Waals surface area (Å²) in [5, 5.41) is 3.99. The third-order valence-electron chi connectivity index (χ3n) is 3.14. The van der Waals surface area contributed by atoms with Crippen LogP contribution in [0.1, 0.15) is 18.4 Å². The summed E-state index contributed by atoms with van der Waals surface area (Å²) in [5.74, 6) is 0. The van der Waals surface area contributed by atoms with E-state index in [4.69, 9.17) is 11.6 Å². The van der Waals surface area contributed by atoms with Crippen molar-refractivity contribution in [1.29, 1.82) is 0 Å². The molecule has 0 atom stereocenters. The van der Waals surface area contributed by atoms with Gasteiger partial charge in [-0.2, -0.15) is 0 Å². The first-order chi connectivity index (χ1) is 7.27.